The second kappa shape index (κ2) is 7.70. The largest absolute Gasteiger partial charge is 0.492 e. The molecule has 1 heterocycles. The van der Waals surface area contributed by atoms with Gasteiger partial charge in [0.05, 0.1) is 4.90 Å². The molecule has 1 amide bonds. The van der Waals surface area contributed by atoms with E-state index in [1.165, 1.54) is 18.6 Å². The smallest absolute Gasteiger partial charge is 0.240 e. The summed E-state index contributed by atoms with van der Waals surface area (Å²) in [6, 6.07) is 10.7. The molecule has 0 saturated carbocycles. The molecule has 0 fully saturated rings. The van der Waals surface area contributed by atoms with Crippen molar-refractivity contribution in [3.63, 3.8) is 0 Å². The van der Waals surface area contributed by atoms with Crippen LogP contribution in [0.1, 0.15) is 23.6 Å². The van der Waals surface area contributed by atoms with Gasteiger partial charge in [-0.15, -0.1) is 0 Å². The van der Waals surface area contributed by atoms with Crippen molar-refractivity contribution >= 4 is 21.6 Å². The fraction of sp³-hybridized carbons (Fsp3) is 0.350. The molecule has 0 unspecified atom stereocenters. The average molecular weight is 388 g/mol. The first kappa shape index (κ1) is 19.4. The third-order valence-corrected chi connectivity index (χ3v) is 6.24. The number of ether oxygens (including phenoxy) is 1. The summed E-state index contributed by atoms with van der Waals surface area (Å²) in [7, 11) is -3.62. The van der Waals surface area contributed by atoms with Crippen LogP contribution in [0.3, 0.4) is 0 Å². The predicted octanol–water partition coefficient (Wildman–Crippen LogP) is 2.57. The lowest BCUT2D eigenvalue weighted by Gasteiger charge is -2.15. The van der Waals surface area contributed by atoms with Crippen LogP contribution < -0.4 is 14.4 Å². The third-order valence-electron chi connectivity index (χ3n) is 4.78. The first-order valence-corrected chi connectivity index (χ1v) is 10.4. The van der Waals surface area contributed by atoms with E-state index in [1.807, 2.05) is 32.0 Å². The molecule has 144 valence electrons. The molecule has 1 N–H and O–H groups in total. The van der Waals surface area contributed by atoms with Crippen LogP contribution in [-0.4, -0.2) is 34.0 Å². The van der Waals surface area contributed by atoms with Crippen molar-refractivity contribution in [2.75, 3.05) is 24.6 Å². The van der Waals surface area contributed by atoms with Crippen molar-refractivity contribution in [1.82, 2.24) is 4.72 Å². The lowest BCUT2D eigenvalue weighted by molar-refractivity contribution is -0.116. The summed E-state index contributed by atoms with van der Waals surface area (Å²) in [6.07, 6.45) is 0.661. The molecule has 0 aromatic heterocycles. The van der Waals surface area contributed by atoms with Gasteiger partial charge >= 0.3 is 0 Å². The van der Waals surface area contributed by atoms with Gasteiger partial charge in [0.1, 0.15) is 12.4 Å². The van der Waals surface area contributed by atoms with E-state index in [0.29, 0.717) is 13.0 Å². The Morgan fingerprint density at radius 2 is 1.93 bits per heavy atom. The van der Waals surface area contributed by atoms with Crippen molar-refractivity contribution in [2.24, 2.45) is 0 Å². The topological polar surface area (TPSA) is 75.7 Å². The number of hydrogen-bond donors (Lipinski definition) is 1. The van der Waals surface area contributed by atoms with Gasteiger partial charge in [0.2, 0.25) is 15.9 Å². The number of nitrogens with zero attached hydrogens (tertiary/aromatic N) is 1. The number of hydrogen-bond acceptors (Lipinski definition) is 4. The Balaban J connectivity index is 1.60. The minimum Gasteiger partial charge on any atom is -0.492 e. The molecule has 1 aliphatic rings. The maximum absolute atomic E-state index is 12.5. The van der Waals surface area contributed by atoms with Crippen LogP contribution >= 0.6 is 0 Å². The van der Waals surface area contributed by atoms with Crippen LogP contribution in [0.15, 0.2) is 41.3 Å². The van der Waals surface area contributed by atoms with E-state index < -0.39 is 10.0 Å². The number of sulfonamides is 1. The number of aryl methyl sites for hydroxylation is 2. The number of benzene rings is 2. The van der Waals surface area contributed by atoms with Gasteiger partial charge in [-0.1, -0.05) is 6.07 Å². The summed E-state index contributed by atoms with van der Waals surface area (Å²) in [6.45, 7) is 6.55. The normalized spacial score (nSPS) is 13.5. The molecule has 0 spiro atoms. The van der Waals surface area contributed by atoms with Crippen molar-refractivity contribution in [3.8, 4) is 5.75 Å². The van der Waals surface area contributed by atoms with E-state index in [2.05, 4.69) is 4.72 Å². The first-order chi connectivity index (χ1) is 12.8. The van der Waals surface area contributed by atoms with E-state index in [0.717, 1.165) is 22.6 Å². The first-order valence-electron chi connectivity index (χ1n) is 8.89. The van der Waals surface area contributed by atoms with Crippen LogP contribution in [0.2, 0.25) is 0 Å². The van der Waals surface area contributed by atoms with Crippen LogP contribution in [0.4, 0.5) is 5.69 Å². The van der Waals surface area contributed by atoms with Gasteiger partial charge in [-0.05, 0) is 67.3 Å². The number of anilines is 1. The summed E-state index contributed by atoms with van der Waals surface area (Å²) in [4.78, 5) is 13.5. The van der Waals surface area contributed by atoms with Gasteiger partial charge in [0.25, 0.3) is 0 Å². The van der Waals surface area contributed by atoms with Crippen molar-refractivity contribution < 1.29 is 17.9 Å². The second-order valence-electron chi connectivity index (χ2n) is 6.70. The highest BCUT2D eigenvalue weighted by Gasteiger charge is 2.24. The summed E-state index contributed by atoms with van der Waals surface area (Å²) in [5.74, 6) is 0.685. The highest BCUT2D eigenvalue weighted by Crippen LogP contribution is 2.30. The molecule has 0 atom stereocenters. The van der Waals surface area contributed by atoms with E-state index in [9.17, 15) is 13.2 Å². The van der Waals surface area contributed by atoms with Gasteiger partial charge in [-0.3, -0.25) is 4.79 Å². The van der Waals surface area contributed by atoms with E-state index in [1.54, 1.807) is 17.0 Å². The number of rotatable bonds is 6. The Kier molecular flexibility index (Phi) is 5.53. The standard InChI is InChI=1S/C20H24N2O4S/c1-14-4-5-18(12-15(14)2)26-11-9-21-27(24,25)19-6-7-20-17(13-19)8-10-22(20)16(3)23/h4-7,12-13,21H,8-11H2,1-3H3. The zero-order valence-corrected chi connectivity index (χ0v) is 16.6. The molecule has 6 nitrogen and oxygen atoms in total. The number of fused-ring (bicyclic) bond motifs is 1. The van der Waals surface area contributed by atoms with E-state index >= 15 is 0 Å². The molecule has 2 aromatic carbocycles. The molecule has 7 heteroatoms. The third kappa shape index (κ3) is 4.31. The maximum atomic E-state index is 12.5. The minimum atomic E-state index is -3.62. The van der Waals surface area contributed by atoms with Gasteiger partial charge in [0, 0.05) is 25.7 Å². The maximum Gasteiger partial charge on any atom is 0.240 e. The predicted molar refractivity (Wildman–Crippen MR) is 105 cm³/mol. The molecule has 27 heavy (non-hydrogen) atoms. The Bertz CT molecular complexity index is 970. The van der Waals surface area contributed by atoms with Crippen LogP contribution in [-0.2, 0) is 21.2 Å². The molecular formula is C20H24N2O4S. The molecular weight excluding hydrogens is 364 g/mol. The summed E-state index contributed by atoms with van der Waals surface area (Å²) in [5.41, 5.74) is 3.98. The fourth-order valence-corrected chi connectivity index (χ4v) is 4.17. The molecule has 0 radical (unpaired) electrons. The Morgan fingerprint density at radius 1 is 1.15 bits per heavy atom. The Labute approximate surface area is 160 Å². The van der Waals surface area contributed by atoms with Gasteiger partial charge < -0.3 is 9.64 Å². The lowest BCUT2D eigenvalue weighted by Crippen LogP contribution is -2.28. The van der Waals surface area contributed by atoms with Crippen molar-refractivity contribution in [1.29, 1.82) is 0 Å². The molecule has 2 aromatic rings. The molecule has 3 rings (SSSR count). The van der Waals surface area contributed by atoms with Crippen LogP contribution in [0.25, 0.3) is 0 Å². The lowest BCUT2D eigenvalue weighted by atomic mass is 10.1. The zero-order chi connectivity index (χ0) is 19.6. The summed E-state index contributed by atoms with van der Waals surface area (Å²) >= 11 is 0. The quantitative estimate of drug-likeness (QED) is 0.772. The van der Waals surface area contributed by atoms with Gasteiger partial charge in [-0.25, -0.2) is 13.1 Å². The SMILES string of the molecule is CC(=O)N1CCc2cc(S(=O)(=O)NCCOc3ccc(C)c(C)c3)ccc21. The summed E-state index contributed by atoms with van der Waals surface area (Å²) in [5, 5.41) is 0. The Morgan fingerprint density at radius 3 is 2.63 bits per heavy atom. The average Bonchev–Trinajstić information content (AvgIpc) is 3.05. The minimum absolute atomic E-state index is 0.0361. The Hall–Kier alpha value is -2.38. The molecule has 0 saturated heterocycles. The number of carbonyl (C=O) groups excluding carboxylic acids is 1. The fourth-order valence-electron chi connectivity index (χ4n) is 3.10. The number of carbonyl (C=O) groups is 1. The highest BCUT2D eigenvalue weighted by molar-refractivity contribution is 7.89. The molecule has 1 aliphatic heterocycles. The summed E-state index contributed by atoms with van der Waals surface area (Å²) < 4.78 is 33.2. The van der Waals surface area contributed by atoms with Crippen LogP contribution in [0, 0.1) is 13.8 Å². The molecule has 0 aliphatic carbocycles. The van der Waals surface area contributed by atoms with E-state index in [-0.39, 0.29) is 24.0 Å². The van der Waals surface area contributed by atoms with Crippen molar-refractivity contribution in [3.05, 3.63) is 53.1 Å². The number of nitrogens with one attached hydrogen (secondary N) is 1. The molecule has 0 bridgehead atoms. The van der Waals surface area contributed by atoms with Gasteiger partial charge in [0.15, 0.2) is 0 Å². The van der Waals surface area contributed by atoms with E-state index in [4.69, 9.17) is 4.74 Å². The van der Waals surface area contributed by atoms with Crippen molar-refractivity contribution in [2.45, 2.75) is 32.1 Å². The monoisotopic (exact) mass is 388 g/mol. The second-order valence-corrected chi connectivity index (χ2v) is 8.47. The van der Waals surface area contributed by atoms with Crippen LogP contribution in [0.5, 0.6) is 5.75 Å². The number of amides is 1. The van der Waals surface area contributed by atoms with Gasteiger partial charge in [-0.2, -0.15) is 0 Å². The zero-order valence-electron chi connectivity index (χ0n) is 15.8. The highest BCUT2D eigenvalue weighted by atomic mass is 32.2.